The largest absolute Gasteiger partial charge is 0.481 e. The zero-order valence-electron chi connectivity index (χ0n) is 7.90. The second-order valence-corrected chi connectivity index (χ2v) is 3.07. The molecule has 0 aliphatic heterocycles. The number of aromatic nitrogens is 1. The van der Waals surface area contributed by atoms with Gasteiger partial charge in [-0.3, -0.25) is 9.78 Å². The van der Waals surface area contributed by atoms with E-state index in [1.807, 2.05) is 0 Å². The molecule has 1 aromatic rings. The van der Waals surface area contributed by atoms with Gasteiger partial charge in [0.1, 0.15) is 0 Å². The minimum absolute atomic E-state index is 0.482. The summed E-state index contributed by atoms with van der Waals surface area (Å²) in [7, 11) is 0. The molecule has 1 rings (SSSR count). The number of pyridine rings is 1. The molecule has 1 atom stereocenters. The Morgan fingerprint density at radius 2 is 2.12 bits per heavy atom. The number of nitrogens with zero attached hydrogens (tertiary/aromatic N) is 1. The van der Waals surface area contributed by atoms with Crippen molar-refractivity contribution in [1.29, 1.82) is 0 Å². The van der Waals surface area contributed by atoms with Crippen molar-refractivity contribution in [2.75, 3.05) is 0 Å². The number of carboxylic acids is 1. The van der Waals surface area contributed by atoms with E-state index in [2.05, 4.69) is 4.98 Å². The SMILES string of the molecule is O=C(O)C[C@H](O)c1ccncc1C(F)(F)F. The molecule has 0 bridgehead atoms. The predicted octanol–water partition coefficient (Wildman–Crippen LogP) is 1.61. The van der Waals surface area contributed by atoms with Gasteiger partial charge in [0.05, 0.1) is 18.1 Å². The number of carbonyl (C=O) groups is 1. The summed E-state index contributed by atoms with van der Waals surface area (Å²) in [6, 6.07) is 0.955. The van der Waals surface area contributed by atoms with Crippen molar-refractivity contribution in [2.24, 2.45) is 0 Å². The fraction of sp³-hybridized carbons (Fsp3) is 0.333. The molecule has 0 fully saturated rings. The highest BCUT2D eigenvalue weighted by molar-refractivity contribution is 5.67. The Balaban J connectivity index is 3.08. The van der Waals surface area contributed by atoms with E-state index in [9.17, 15) is 23.1 Å². The van der Waals surface area contributed by atoms with Crippen LogP contribution in [-0.2, 0) is 11.0 Å². The Kier molecular flexibility index (Phi) is 3.48. The van der Waals surface area contributed by atoms with Crippen molar-refractivity contribution in [2.45, 2.75) is 18.7 Å². The summed E-state index contributed by atoms with van der Waals surface area (Å²) < 4.78 is 37.3. The third-order valence-electron chi connectivity index (χ3n) is 1.89. The highest BCUT2D eigenvalue weighted by Crippen LogP contribution is 2.34. The highest BCUT2D eigenvalue weighted by Gasteiger charge is 2.35. The minimum Gasteiger partial charge on any atom is -0.481 e. The van der Waals surface area contributed by atoms with E-state index >= 15 is 0 Å². The Morgan fingerprint density at radius 1 is 1.50 bits per heavy atom. The standard InChI is InChI=1S/C9H8F3NO3/c10-9(11,12)6-4-13-2-1-5(6)7(14)3-8(15)16/h1-2,4,7,14H,3H2,(H,15,16)/t7-/m0/s1. The molecule has 88 valence electrons. The number of halogens is 3. The van der Waals surface area contributed by atoms with Crippen LogP contribution in [0.15, 0.2) is 18.5 Å². The maximum absolute atomic E-state index is 12.4. The molecule has 0 aromatic carbocycles. The number of hydrogen-bond donors (Lipinski definition) is 2. The van der Waals surface area contributed by atoms with Gasteiger partial charge in [-0.25, -0.2) is 0 Å². The molecule has 1 aromatic heterocycles. The zero-order valence-corrected chi connectivity index (χ0v) is 7.90. The lowest BCUT2D eigenvalue weighted by molar-refractivity contribution is -0.143. The first-order valence-electron chi connectivity index (χ1n) is 4.23. The molecule has 0 aliphatic rings. The maximum Gasteiger partial charge on any atom is 0.418 e. The van der Waals surface area contributed by atoms with Crippen LogP contribution in [0.5, 0.6) is 0 Å². The summed E-state index contributed by atoms with van der Waals surface area (Å²) in [6.07, 6.45) is -5.52. The van der Waals surface area contributed by atoms with E-state index in [1.54, 1.807) is 0 Å². The molecule has 0 radical (unpaired) electrons. The van der Waals surface area contributed by atoms with Crippen LogP contribution in [0.4, 0.5) is 13.2 Å². The van der Waals surface area contributed by atoms with Gasteiger partial charge >= 0.3 is 12.1 Å². The number of aliphatic carboxylic acids is 1. The summed E-state index contributed by atoms with van der Waals surface area (Å²) in [5.74, 6) is -1.38. The summed E-state index contributed by atoms with van der Waals surface area (Å²) in [5.41, 5.74) is -1.60. The second kappa shape index (κ2) is 4.48. The topological polar surface area (TPSA) is 70.4 Å². The van der Waals surface area contributed by atoms with E-state index in [4.69, 9.17) is 5.11 Å². The van der Waals surface area contributed by atoms with E-state index in [0.29, 0.717) is 6.20 Å². The number of aliphatic hydroxyl groups is 1. The smallest absolute Gasteiger partial charge is 0.418 e. The quantitative estimate of drug-likeness (QED) is 0.834. The average molecular weight is 235 g/mol. The number of hydrogen-bond acceptors (Lipinski definition) is 3. The molecular weight excluding hydrogens is 227 g/mol. The van der Waals surface area contributed by atoms with Crippen LogP contribution in [0.3, 0.4) is 0 Å². The monoisotopic (exact) mass is 235 g/mol. The van der Waals surface area contributed by atoms with Gasteiger partial charge in [-0.1, -0.05) is 0 Å². The fourth-order valence-electron chi connectivity index (χ4n) is 1.21. The van der Waals surface area contributed by atoms with Gasteiger partial charge in [-0.05, 0) is 11.6 Å². The van der Waals surface area contributed by atoms with Gasteiger partial charge in [0.25, 0.3) is 0 Å². The molecule has 7 heteroatoms. The molecular formula is C9H8F3NO3. The van der Waals surface area contributed by atoms with Crippen LogP contribution in [0, 0.1) is 0 Å². The van der Waals surface area contributed by atoms with Crippen LogP contribution in [-0.4, -0.2) is 21.2 Å². The highest BCUT2D eigenvalue weighted by atomic mass is 19.4. The molecule has 1 heterocycles. The lowest BCUT2D eigenvalue weighted by atomic mass is 10.0. The number of alkyl halides is 3. The van der Waals surface area contributed by atoms with Gasteiger partial charge in [-0.2, -0.15) is 13.2 Å². The summed E-state index contributed by atoms with van der Waals surface area (Å²) >= 11 is 0. The molecule has 0 unspecified atom stereocenters. The first-order valence-corrected chi connectivity index (χ1v) is 4.23. The van der Waals surface area contributed by atoms with Crippen molar-refractivity contribution < 1.29 is 28.2 Å². The molecule has 2 N–H and O–H groups in total. The third kappa shape index (κ3) is 2.93. The zero-order chi connectivity index (χ0) is 12.3. The predicted molar refractivity (Wildman–Crippen MR) is 46.5 cm³/mol. The summed E-state index contributed by atoms with van der Waals surface area (Å²) in [4.78, 5) is 13.6. The van der Waals surface area contributed by atoms with E-state index in [0.717, 1.165) is 12.3 Å². The van der Waals surface area contributed by atoms with Crippen LogP contribution >= 0.6 is 0 Å². The van der Waals surface area contributed by atoms with E-state index < -0.39 is 35.8 Å². The molecule has 0 saturated heterocycles. The van der Waals surface area contributed by atoms with Crippen LogP contribution in [0.1, 0.15) is 23.7 Å². The summed E-state index contributed by atoms with van der Waals surface area (Å²) in [6.45, 7) is 0. The lowest BCUT2D eigenvalue weighted by Crippen LogP contribution is -2.14. The molecule has 0 spiro atoms. The number of carboxylic acid groups (broad SMARTS) is 1. The lowest BCUT2D eigenvalue weighted by Gasteiger charge is -2.15. The Labute approximate surface area is 88.4 Å². The Morgan fingerprint density at radius 3 is 2.62 bits per heavy atom. The molecule has 0 amide bonds. The van der Waals surface area contributed by atoms with Crippen molar-refractivity contribution in [3.8, 4) is 0 Å². The molecule has 16 heavy (non-hydrogen) atoms. The maximum atomic E-state index is 12.4. The van der Waals surface area contributed by atoms with Crippen molar-refractivity contribution in [3.05, 3.63) is 29.6 Å². The Bertz CT molecular complexity index is 392. The third-order valence-corrected chi connectivity index (χ3v) is 1.89. The fourth-order valence-corrected chi connectivity index (χ4v) is 1.21. The van der Waals surface area contributed by atoms with Gasteiger partial charge < -0.3 is 10.2 Å². The first kappa shape index (κ1) is 12.4. The van der Waals surface area contributed by atoms with E-state index in [-0.39, 0.29) is 0 Å². The minimum atomic E-state index is -4.66. The van der Waals surface area contributed by atoms with Crippen LogP contribution in [0.2, 0.25) is 0 Å². The number of aliphatic hydroxyl groups excluding tert-OH is 1. The van der Waals surface area contributed by atoms with Crippen molar-refractivity contribution in [3.63, 3.8) is 0 Å². The van der Waals surface area contributed by atoms with Crippen molar-refractivity contribution in [1.82, 2.24) is 4.98 Å². The summed E-state index contributed by atoms with van der Waals surface area (Å²) in [5, 5.41) is 17.7. The van der Waals surface area contributed by atoms with E-state index in [1.165, 1.54) is 0 Å². The number of rotatable bonds is 3. The van der Waals surface area contributed by atoms with Gasteiger partial charge in [-0.15, -0.1) is 0 Å². The van der Waals surface area contributed by atoms with Crippen molar-refractivity contribution >= 4 is 5.97 Å². The van der Waals surface area contributed by atoms with Gasteiger partial charge in [0.2, 0.25) is 0 Å². The average Bonchev–Trinajstić information content (AvgIpc) is 2.15. The first-order chi connectivity index (χ1) is 7.32. The van der Waals surface area contributed by atoms with Crippen LogP contribution < -0.4 is 0 Å². The molecule has 4 nitrogen and oxygen atoms in total. The van der Waals surface area contributed by atoms with Gasteiger partial charge in [0.15, 0.2) is 0 Å². The van der Waals surface area contributed by atoms with Crippen LogP contribution in [0.25, 0.3) is 0 Å². The Hall–Kier alpha value is -1.63. The normalized spacial score (nSPS) is 13.5. The molecule has 0 aliphatic carbocycles. The second-order valence-electron chi connectivity index (χ2n) is 3.07. The van der Waals surface area contributed by atoms with Gasteiger partial charge in [0, 0.05) is 12.4 Å². The molecule has 0 saturated carbocycles.